The van der Waals surface area contributed by atoms with Crippen LogP contribution in [0.1, 0.15) is 35.1 Å². The minimum atomic E-state index is -3.56. The Kier molecular flexibility index (Phi) is 10.5. The van der Waals surface area contributed by atoms with Crippen LogP contribution in [-0.4, -0.2) is 51.0 Å². The normalized spacial score (nSPS) is 12.0. The fourth-order valence-corrected chi connectivity index (χ4v) is 5.61. The highest BCUT2D eigenvalue weighted by atomic mass is 35.5. The molecule has 1 N–H and O–H groups in total. The zero-order chi connectivity index (χ0) is 28.6. The van der Waals surface area contributed by atoms with Crippen LogP contribution in [0.15, 0.2) is 72.8 Å². The molecule has 0 fully saturated rings. The topological polar surface area (TPSA) is 86.8 Å². The number of benzene rings is 3. The van der Waals surface area contributed by atoms with Crippen molar-refractivity contribution < 1.29 is 18.0 Å². The summed E-state index contributed by atoms with van der Waals surface area (Å²) in [5.74, 6) is -0.518. The molecule has 0 aromatic heterocycles. The van der Waals surface area contributed by atoms with Crippen molar-refractivity contribution in [3.63, 3.8) is 0 Å². The van der Waals surface area contributed by atoms with Crippen molar-refractivity contribution in [2.45, 2.75) is 45.7 Å². The summed E-state index contributed by atoms with van der Waals surface area (Å²) in [7, 11) is -2.01. The van der Waals surface area contributed by atoms with Crippen LogP contribution in [0.5, 0.6) is 0 Å². The largest absolute Gasteiger partial charge is 0.357 e. The summed E-state index contributed by atoms with van der Waals surface area (Å²) >= 11 is 6.20. The first-order valence-electron chi connectivity index (χ1n) is 12.8. The fourth-order valence-electron chi connectivity index (χ4n) is 4.44. The van der Waals surface area contributed by atoms with Gasteiger partial charge in [-0.1, -0.05) is 60.1 Å². The summed E-state index contributed by atoms with van der Waals surface area (Å²) in [6.07, 6.45) is 1.86. The molecule has 2 amide bonds. The van der Waals surface area contributed by atoms with Crippen molar-refractivity contribution in [3.8, 4) is 0 Å². The molecule has 9 heteroatoms. The second kappa shape index (κ2) is 13.6. The highest BCUT2D eigenvalue weighted by Gasteiger charge is 2.30. The maximum absolute atomic E-state index is 13.7. The summed E-state index contributed by atoms with van der Waals surface area (Å²) < 4.78 is 26.6. The highest BCUT2D eigenvalue weighted by molar-refractivity contribution is 7.92. The van der Waals surface area contributed by atoms with Crippen molar-refractivity contribution in [3.05, 3.63) is 100 Å². The molecule has 0 unspecified atom stereocenters. The third-order valence-electron chi connectivity index (χ3n) is 6.69. The molecule has 7 nitrogen and oxygen atoms in total. The van der Waals surface area contributed by atoms with Crippen LogP contribution in [-0.2, 0) is 32.6 Å². The monoisotopic (exact) mass is 569 g/mol. The molecular formula is C30H36ClN3O4S. The SMILES string of the molecule is CNC(=O)[C@@H](Cc1ccccc1)N(Cc1cccc(Cl)c1)C(=O)CCCN(c1ccc(C)c(C)c1)S(C)(=O)=O. The average Bonchev–Trinajstić information content (AvgIpc) is 2.89. The lowest BCUT2D eigenvalue weighted by Crippen LogP contribution is -2.49. The molecule has 208 valence electrons. The maximum Gasteiger partial charge on any atom is 0.242 e. The van der Waals surface area contributed by atoms with Crippen molar-refractivity contribution in [1.29, 1.82) is 0 Å². The molecule has 0 spiro atoms. The first-order chi connectivity index (χ1) is 18.5. The Hall–Kier alpha value is -3.36. The van der Waals surface area contributed by atoms with Gasteiger partial charge in [0.2, 0.25) is 21.8 Å². The number of nitrogens with one attached hydrogen (secondary N) is 1. The van der Waals surface area contributed by atoms with E-state index in [1.165, 1.54) is 4.31 Å². The predicted octanol–water partition coefficient (Wildman–Crippen LogP) is 4.89. The lowest BCUT2D eigenvalue weighted by Gasteiger charge is -2.31. The van der Waals surface area contributed by atoms with E-state index in [0.29, 0.717) is 17.1 Å². The molecule has 0 saturated carbocycles. The Morgan fingerprint density at radius 3 is 2.23 bits per heavy atom. The molecular weight excluding hydrogens is 534 g/mol. The lowest BCUT2D eigenvalue weighted by atomic mass is 10.0. The third kappa shape index (κ3) is 8.57. The molecule has 3 aromatic rings. The van der Waals surface area contributed by atoms with E-state index in [9.17, 15) is 18.0 Å². The number of hydrogen-bond donors (Lipinski definition) is 1. The van der Waals surface area contributed by atoms with Gasteiger partial charge in [0.15, 0.2) is 0 Å². The molecule has 0 heterocycles. The minimum Gasteiger partial charge on any atom is -0.357 e. The molecule has 0 aliphatic carbocycles. The number of likely N-dealkylation sites (N-methyl/N-ethyl adjacent to an activating group) is 1. The lowest BCUT2D eigenvalue weighted by molar-refractivity contribution is -0.141. The number of halogens is 1. The van der Waals surface area contributed by atoms with E-state index in [0.717, 1.165) is 28.5 Å². The highest BCUT2D eigenvalue weighted by Crippen LogP contribution is 2.23. The maximum atomic E-state index is 13.7. The van der Waals surface area contributed by atoms with Gasteiger partial charge in [-0.05, 0) is 66.8 Å². The van der Waals surface area contributed by atoms with Gasteiger partial charge in [-0.25, -0.2) is 8.42 Å². The van der Waals surface area contributed by atoms with E-state index in [-0.39, 0.29) is 37.7 Å². The van der Waals surface area contributed by atoms with Crippen molar-refractivity contribution in [1.82, 2.24) is 10.2 Å². The fraction of sp³-hybridized carbons (Fsp3) is 0.333. The zero-order valence-electron chi connectivity index (χ0n) is 22.9. The summed E-state index contributed by atoms with van der Waals surface area (Å²) in [5.41, 5.74) is 4.34. The van der Waals surface area contributed by atoms with Crippen molar-refractivity contribution >= 4 is 39.1 Å². The van der Waals surface area contributed by atoms with Gasteiger partial charge in [-0.2, -0.15) is 0 Å². The zero-order valence-corrected chi connectivity index (χ0v) is 24.4. The van der Waals surface area contributed by atoms with Gasteiger partial charge < -0.3 is 10.2 Å². The Labute approximate surface area is 236 Å². The number of carbonyl (C=O) groups excluding carboxylic acids is 2. The summed E-state index contributed by atoms with van der Waals surface area (Å²) in [6, 6.07) is 21.5. The van der Waals surface area contributed by atoms with Crippen LogP contribution in [0.2, 0.25) is 5.02 Å². The Balaban J connectivity index is 1.85. The third-order valence-corrected chi connectivity index (χ3v) is 8.12. The summed E-state index contributed by atoms with van der Waals surface area (Å²) in [5, 5.41) is 3.24. The van der Waals surface area contributed by atoms with Gasteiger partial charge >= 0.3 is 0 Å². The molecule has 3 rings (SSSR count). The van der Waals surface area contributed by atoms with Crippen molar-refractivity contribution in [2.75, 3.05) is 24.2 Å². The number of hydrogen-bond acceptors (Lipinski definition) is 4. The van der Waals surface area contributed by atoms with Crippen LogP contribution in [0.25, 0.3) is 0 Å². The number of aryl methyl sites for hydroxylation is 2. The van der Waals surface area contributed by atoms with Crippen LogP contribution < -0.4 is 9.62 Å². The average molecular weight is 570 g/mol. The van der Waals surface area contributed by atoms with Gasteiger partial charge in [0.25, 0.3) is 0 Å². The summed E-state index contributed by atoms with van der Waals surface area (Å²) in [6.45, 7) is 4.23. The number of amides is 2. The van der Waals surface area contributed by atoms with Gasteiger partial charge in [0.1, 0.15) is 6.04 Å². The van der Waals surface area contributed by atoms with E-state index in [4.69, 9.17) is 11.6 Å². The molecule has 0 bridgehead atoms. The van der Waals surface area contributed by atoms with E-state index < -0.39 is 16.1 Å². The Morgan fingerprint density at radius 2 is 1.62 bits per heavy atom. The smallest absolute Gasteiger partial charge is 0.242 e. The van der Waals surface area contributed by atoms with Gasteiger partial charge in [0, 0.05) is 38.0 Å². The van der Waals surface area contributed by atoms with Gasteiger partial charge in [-0.3, -0.25) is 13.9 Å². The molecule has 0 saturated heterocycles. The molecule has 3 aromatic carbocycles. The van der Waals surface area contributed by atoms with Crippen LogP contribution in [0.3, 0.4) is 0 Å². The van der Waals surface area contributed by atoms with E-state index in [1.54, 1.807) is 36.2 Å². The molecule has 39 heavy (non-hydrogen) atoms. The number of nitrogens with zero attached hydrogens (tertiary/aromatic N) is 2. The van der Waals surface area contributed by atoms with E-state index in [1.807, 2.05) is 62.4 Å². The molecule has 1 atom stereocenters. The standard InChI is InChI=1S/C30H36ClN3O4S/c1-22-15-16-27(18-23(22)2)34(39(4,37)38)17-9-14-29(35)33(21-25-12-8-13-26(31)19-25)28(30(36)32-3)20-24-10-6-5-7-11-24/h5-8,10-13,15-16,18-19,28H,9,14,17,20-21H2,1-4H3,(H,32,36)/t28-/m1/s1. The quantitative estimate of drug-likeness (QED) is 0.336. The summed E-state index contributed by atoms with van der Waals surface area (Å²) in [4.78, 5) is 28.3. The number of rotatable bonds is 12. The second-order valence-corrected chi connectivity index (χ2v) is 12.0. The predicted molar refractivity (Wildman–Crippen MR) is 157 cm³/mol. The minimum absolute atomic E-state index is 0.0692. The van der Waals surface area contributed by atoms with E-state index >= 15 is 0 Å². The van der Waals surface area contributed by atoms with Gasteiger partial charge in [-0.15, -0.1) is 0 Å². The number of carbonyl (C=O) groups is 2. The van der Waals surface area contributed by atoms with Crippen LogP contribution in [0, 0.1) is 13.8 Å². The first kappa shape index (κ1) is 30.2. The van der Waals surface area contributed by atoms with Crippen LogP contribution >= 0.6 is 11.6 Å². The molecule has 0 aliphatic heterocycles. The van der Waals surface area contributed by atoms with Gasteiger partial charge in [0.05, 0.1) is 11.9 Å². The molecule has 0 radical (unpaired) electrons. The van der Waals surface area contributed by atoms with Crippen molar-refractivity contribution in [2.24, 2.45) is 0 Å². The Bertz CT molecular complexity index is 1400. The number of sulfonamides is 1. The first-order valence-corrected chi connectivity index (χ1v) is 15.1. The Morgan fingerprint density at radius 1 is 0.923 bits per heavy atom. The van der Waals surface area contributed by atoms with E-state index in [2.05, 4.69) is 5.32 Å². The van der Waals surface area contributed by atoms with Crippen LogP contribution in [0.4, 0.5) is 5.69 Å². The molecule has 0 aliphatic rings. The second-order valence-electron chi connectivity index (χ2n) is 9.68. The number of anilines is 1.